The van der Waals surface area contributed by atoms with Gasteiger partial charge in [-0.3, -0.25) is 4.79 Å². The zero-order valence-corrected chi connectivity index (χ0v) is 13.8. The lowest BCUT2D eigenvalue weighted by Gasteiger charge is -2.08. The van der Waals surface area contributed by atoms with Gasteiger partial charge in [0.05, 0.1) is 0 Å². The summed E-state index contributed by atoms with van der Waals surface area (Å²) in [7, 11) is 0. The minimum Gasteiger partial charge on any atom is -0.350 e. The van der Waals surface area contributed by atoms with Gasteiger partial charge in [0.2, 0.25) is 5.95 Å². The molecule has 0 radical (unpaired) electrons. The zero-order valence-electron chi connectivity index (χ0n) is 13.0. The molecule has 0 aliphatic heterocycles. The van der Waals surface area contributed by atoms with Crippen molar-refractivity contribution in [2.45, 2.75) is 6.54 Å². The van der Waals surface area contributed by atoms with Gasteiger partial charge in [0.25, 0.3) is 5.91 Å². The maximum atomic E-state index is 12.9. The van der Waals surface area contributed by atoms with Crippen LogP contribution >= 0.6 is 11.6 Å². The van der Waals surface area contributed by atoms with Gasteiger partial charge >= 0.3 is 0 Å². The van der Waals surface area contributed by atoms with Crippen LogP contribution in [-0.2, 0) is 6.54 Å². The molecule has 3 aromatic rings. The number of carbonyl (C=O) groups excluding carboxylic acids is 1. The van der Waals surface area contributed by atoms with Crippen LogP contribution in [0.5, 0.6) is 0 Å². The topological polar surface area (TPSA) is 66.9 Å². The van der Waals surface area contributed by atoms with Crippen LogP contribution in [0.1, 0.15) is 16.1 Å². The van der Waals surface area contributed by atoms with Crippen molar-refractivity contribution in [3.05, 3.63) is 82.9 Å². The number of amides is 1. The maximum absolute atomic E-state index is 12.9. The third-order valence-corrected chi connectivity index (χ3v) is 3.57. The van der Waals surface area contributed by atoms with Gasteiger partial charge in [0, 0.05) is 23.5 Å². The van der Waals surface area contributed by atoms with Crippen LogP contribution in [0.15, 0.2) is 60.8 Å². The summed E-state index contributed by atoms with van der Waals surface area (Å²) in [6, 6.07) is 14.5. The Bertz CT molecular complexity index is 886. The summed E-state index contributed by atoms with van der Waals surface area (Å²) >= 11 is 5.90. The van der Waals surface area contributed by atoms with Crippen LogP contribution in [0.4, 0.5) is 16.0 Å². The van der Waals surface area contributed by atoms with E-state index < -0.39 is 0 Å². The Morgan fingerprint density at radius 2 is 1.92 bits per heavy atom. The van der Waals surface area contributed by atoms with Gasteiger partial charge in [-0.25, -0.2) is 14.4 Å². The van der Waals surface area contributed by atoms with Crippen molar-refractivity contribution in [1.29, 1.82) is 0 Å². The fourth-order valence-electron chi connectivity index (χ4n) is 2.12. The van der Waals surface area contributed by atoms with Crippen LogP contribution in [0.2, 0.25) is 5.02 Å². The van der Waals surface area contributed by atoms with Crippen molar-refractivity contribution >= 4 is 29.1 Å². The second-order valence-corrected chi connectivity index (χ2v) is 5.65. The highest BCUT2D eigenvalue weighted by Gasteiger charge is 2.09. The standard InChI is InChI=1S/C18H14ClFN4O/c19-13-2-1-3-15(10-13)23-17(25)16-8-9-21-18(24-16)22-11-12-4-6-14(20)7-5-12/h1-10H,11H2,(H,23,25)(H,21,22,24). The molecule has 126 valence electrons. The van der Waals surface area contributed by atoms with Crippen LogP contribution in [-0.4, -0.2) is 15.9 Å². The molecule has 0 fully saturated rings. The van der Waals surface area contributed by atoms with Crippen molar-refractivity contribution in [3.8, 4) is 0 Å². The smallest absolute Gasteiger partial charge is 0.274 e. The third kappa shape index (κ3) is 4.74. The number of rotatable bonds is 5. The summed E-state index contributed by atoms with van der Waals surface area (Å²) in [5, 5.41) is 6.26. The SMILES string of the molecule is O=C(Nc1cccc(Cl)c1)c1ccnc(NCc2ccc(F)cc2)n1. The second kappa shape index (κ2) is 7.72. The molecule has 0 unspecified atom stereocenters. The van der Waals surface area contributed by atoms with E-state index in [1.807, 2.05) is 0 Å². The molecule has 1 amide bonds. The van der Waals surface area contributed by atoms with Gasteiger partial charge in [-0.1, -0.05) is 29.8 Å². The van der Waals surface area contributed by atoms with E-state index in [9.17, 15) is 9.18 Å². The van der Waals surface area contributed by atoms with Crippen molar-refractivity contribution in [2.75, 3.05) is 10.6 Å². The van der Waals surface area contributed by atoms with Crippen molar-refractivity contribution in [3.63, 3.8) is 0 Å². The summed E-state index contributed by atoms with van der Waals surface area (Å²) in [5.41, 5.74) is 1.67. The molecule has 0 spiro atoms. The predicted octanol–water partition coefficient (Wildman–Crippen LogP) is 4.13. The van der Waals surface area contributed by atoms with E-state index in [1.54, 1.807) is 36.4 Å². The van der Waals surface area contributed by atoms with Gasteiger partial charge in [-0.05, 0) is 42.0 Å². The summed E-state index contributed by atoms with van der Waals surface area (Å²) in [6.07, 6.45) is 1.49. The van der Waals surface area contributed by atoms with Crippen LogP contribution in [0, 0.1) is 5.82 Å². The lowest BCUT2D eigenvalue weighted by molar-refractivity contribution is 0.102. The Morgan fingerprint density at radius 3 is 2.68 bits per heavy atom. The average molecular weight is 357 g/mol. The minimum absolute atomic E-state index is 0.219. The molecule has 7 heteroatoms. The molecule has 0 saturated heterocycles. The fourth-order valence-corrected chi connectivity index (χ4v) is 2.31. The van der Waals surface area contributed by atoms with E-state index in [-0.39, 0.29) is 17.4 Å². The average Bonchev–Trinajstić information content (AvgIpc) is 2.61. The number of carbonyl (C=O) groups is 1. The molecule has 1 heterocycles. The molecule has 0 aliphatic rings. The normalized spacial score (nSPS) is 10.3. The van der Waals surface area contributed by atoms with E-state index in [4.69, 9.17) is 11.6 Å². The molecular weight excluding hydrogens is 343 g/mol. The number of aromatic nitrogens is 2. The van der Waals surface area contributed by atoms with Gasteiger partial charge in [0.15, 0.2) is 0 Å². The molecule has 1 aromatic heterocycles. The molecule has 0 atom stereocenters. The number of nitrogens with zero attached hydrogens (tertiary/aromatic N) is 2. The minimum atomic E-state index is -0.366. The highest BCUT2D eigenvalue weighted by atomic mass is 35.5. The summed E-state index contributed by atoms with van der Waals surface area (Å²) in [5.74, 6) is -0.350. The first-order valence-electron chi connectivity index (χ1n) is 7.48. The number of halogens is 2. The quantitative estimate of drug-likeness (QED) is 0.721. The Morgan fingerprint density at radius 1 is 1.12 bits per heavy atom. The maximum Gasteiger partial charge on any atom is 0.274 e. The van der Waals surface area contributed by atoms with E-state index in [0.717, 1.165) is 5.56 Å². The van der Waals surface area contributed by atoms with E-state index in [1.165, 1.54) is 24.4 Å². The highest BCUT2D eigenvalue weighted by Crippen LogP contribution is 2.16. The first kappa shape index (κ1) is 16.9. The lowest BCUT2D eigenvalue weighted by Crippen LogP contribution is -2.15. The molecule has 25 heavy (non-hydrogen) atoms. The number of nitrogens with one attached hydrogen (secondary N) is 2. The first-order chi connectivity index (χ1) is 12.1. The monoisotopic (exact) mass is 356 g/mol. The Labute approximate surface area is 148 Å². The lowest BCUT2D eigenvalue weighted by atomic mass is 10.2. The molecule has 0 bridgehead atoms. The molecule has 5 nitrogen and oxygen atoms in total. The molecule has 2 aromatic carbocycles. The Kier molecular flexibility index (Phi) is 5.20. The molecule has 0 aliphatic carbocycles. The molecule has 2 N–H and O–H groups in total. The van der Waals surface area contributed by atoms with E-state index >= 15 is 0 Å². The Balaban J connectivity index is 1.66. The van der Waals surface area contributed by atoms with Crippen LogP contribution in [0.3, 0.4) is 0 Å². The molecular formula is C18H14ClFN4O. The Hall–Kier alpha value is -2.99. The van der Waals surface area contributed by atoms with Crippen molar-refractivity contribution < 1.29 is 9.18 Å². The highest BCUT2D eigenvalue weighted by molar-refractivity contribution is 6.30. The van der Waals surface area contributed by atoms with Gasteiger partial charge < -0.3 is 10.6 Å². The summed E-state index contributed by atoms with van der Waals surface area (Å²) < 4.78 is 12.9. The predicted molar refractivity (Wildman–Crippen MR) is 95.2 cm³/mol. The summed E-state index contributed by atoms with van der Waals surface area (Å²) in [6.45, 7) is 0.416. The van der Waals surface area contributed by atoms with Gasteiger partial charge in [-0.2, -0.15) is 0 Å². The van der Waals surface area contributed by atoms with Gasteiger partial charge in [0.1, 0.15) is 11.5 Å². The largest absolute Gasteiger partial charge is 0.350 e. The molecule has 3 rings (SSSR count). The van der Waals surface area contributed by atoms with Crippen LogP contribution in [0.25, 0.3) is 0 Å². The first-order valence-corrected chi connectivity index (χ1v) is 7.86. The van der Waals surface area contributed by atoms with E-state index in [0.29, 0.717) is 23.2 Å². The number of hydrogen-bond donors (Lipinski definition) is 2. The fraction of sp³-hybridized carbons (Fsp3) is 0.0556. The van der Waals surface area contributed by atoms with Crippen molar-refractivity contribution in [2.24, 2.45) is 0 Å². The second-order valence-electron chi connectivity index (χ2n) is 5.21. The summed E-state index contributed by atoms with van der Waals surface area (Å²) in [4.78, 5) is 20.5. The van der Waals surface area contributed by atoms with Crippen LogP contribution < -0.4 is 10.6 Å². The number of hydrogen-bond acceptors (Lipinski definition) is 4. The van der Waals surface area contributed by atoms with Gasteiger partial charge in [-0.15, -0.1) is 0 Å². The van der Waals surface area contributed by atoms with E-state index in [2.05, 4.69) is 20.6 Å². The molecule has 0 saturated carbocycles. The number of benzene rings is 2. The van der Waals surface area contributed by atoms with Crippen molar-refractivity contribution in [1.82, 2.24) is 9.97 Å². The zero-order chi connectivity index (χ0) is 17.6. The number of anilines is 2. The third-order valence-electron chi connectivity index (χ3n) is 3.33.